The first kappa shape index (κ1) is 28.2. The number of carbonyl (C=O) groups is 3. The van der Waals surface area contributed by atoms with Crippen molar-refractivity contribution in [2.24, 2.45) is 17.6 Å². The molecule has 5 rings (SSSR count). The van der Waals surface area contributed by atoms with E-state index in [1.165, 1.54) is 11.2 Å². The SMILES string of the molecule is Cc1coc(NCc2cc(N(C)C)c3c(c2O)C(=O)C2=C(O)C4(O)C(=O)C(C(N)=O)=C(O)C(N(C)C)C4CC2C3)n1. The monoisotopic (exact) mass is 567 g/mol. The summed E-state index contributed by atoms with van der Waals surface area (Å²) in [5, 5.41) is 48.4. The zero-order chi connectivity index (χ0) is 30.1. The van der Waals surface area contributed by atoms with Gasteiger partial charge >= 0.3 is 0 Å². The smallest absolute Gasteiger partial charge is 0.294 e. The predicted octanol–water partition coefficient (Wildman–Crippen LogP) is 1.10. The van der Waals surface area contributed by atoms with Crippen molar-refractivity contribution in [3.05, 3.63) is 57.4 Å². The van der Waals surface area contributed by atoms with Crippen LogP contribution in [0, 0.1) is 18.8 Å². The van der Waals surface area contributed by atoms with E-state index >= 15 is 0 Å². The zero-order valence-corrected chi connectivity index (χ0v) is 23.3. The number of oxazole rings is 1. The van der Waals surface area contributed by atoms with Gasteiger partial charge in [0.05, 0.1) is 17.3 Å². The molecule has 3 aliphatic rings. The summed E-state index contributed by atoms with van der Waals surface area (Å²) < 4.78 is 5.31. The molecule has 4 atom stereocenters. The van der Waals surface area contributed by atoms with Crippen LogP contribution >= 0.6 is 0 Å². The number of amides is 1. The Kier molecular flexibility index (Phi) is 6.62. The van der Waals surface area contributed by atoms with Gasteiger partial charge in [-0.15, -0.1) is 0 Å². The van der Waals surface area contributed by atoms with Gasteiger partial charge in [0.2, 0.25) is 5.78 Å². The molecule has 0 saturated carbocycles. The van der Waals surface area contributed by atoms with E-state index in [2.05, 4.69) is 10.3 Å². The number of fused-ring (bicyclic) bond motifs is 3. The standard InChI is InChI=1S/C28H33N5O8/c1-11-10-41-27(31-11)30-9-13-8-16(32(2)3)14-6-12-7-15-20(33(4)5)23(36)19(26(29)39)25(38)28(15,40)24(37)17(12)22(35)18(14)21(13)34/h8,10,12,15,20,34,36-37,40H,6-7,9H2,1-5H3,(H2,29,39)(H,30,31). The van der Waals surface area contributed by atoms with Crippen LogP contribution in [-0.2, 0) is 22.6 Å². The summed E-state index contributed by atoms with van der Waals surface area (Å²) in [6.45, 7) is 1.82. The fourth-order valence-corrected chi connectivity index (χ4v) is 6.49. The number of Topliss-reactive ketones (excluding diaryl/α,β-unsaturated/α-hetero) is 2. The molecule has 1 aromatic heterocycles. The minimum Gasteiger partial charge on any atom is -0.510 e. The second kappa shape index (κ2) is 9.63. The van der Waals surface area contributed by atoms with Crippen LogP contribution < -0.4 is 16.0 Å². The summed E-state index contributed by atoms with van der Waals surface area (Å²) in [6.07, 6.45) is 1.68. The van der Waals surface area contributed by atoms with Crippen molar-refractivity contribution in [2.75, 3.05) is 38.4 Å². The van der Waals surface area contributed by atoms with Crippen molar-refractivity contribution in [1.82, 2.24) is 9.88 Å². The average Bonchev–Trinajstić information content (AvgIpc) is 3.30. The summed E-state index contributed by atoms with van der Waals surface area (Å²) in [4.78, 5) is 47.2. The molecule has 41 heavy (non-hydrogen) atoms. The molecular weight excluding hydrogens is 534 g/mol. The topological polar surface area (TPSA) is 203 Å². The molecule has 3 aliphatic carbocycles. The molecule has 0 bridgehead atoms. The lowest BCUT2D eigenvalue weighted by Crippen LogP contribution is -2.63. The Hall–Kier alpha value is -4.36. The van der Waals surface area contributed by atoms with Gasteiger partial charge in [0.1, 0.15) is 29.1 Å². The van der Waals surface area contributed by atoms with Crippen LogP contribution in [0.15, 0.2) is 39.4 Å². The van der Waals surface area contributed by atoms with Crippen LogP contribution in [0.1, 0.15) is 33.6 Å². The number of aliphatic hydroxyl groups excluding tert-OH is 2. The quantitative estimate of drug-likeness (QED) is 0.272. The third-order valence-corrected chi connectivity index (χ3v) is 8.31. The fraction of sp³-hybridized carbons (Fsp3) is 0.429. The molecule has 1 heterocycles. The number of hydrogen-bond acceptors (Lipinski definition) is 12. The summed E-state index contributed by atoms with van der Waals surface area (Å²) >= 11 is 0. The molecule has 0 saturated heterocycles. The van der Waals surface area contributed by atoms with Gasteiger partial charge in [-0.05, 0) is 51.4 Å². The molecule has 0 spiro atoms. The molecule has 0 fully saturated rings. The van der Waals surface area contributed by atoms with Gasteiger partial charge in [0.25, 0.3) is 11.9 Å². The van der Waals surface area contributed by atoms with Crippen molar-refractivity contribution in [3.8, 4) is 5.75 Å². The fourth-order valence-electron chi connectivity index (χ4n) is 6.49. The van der Waals surface area contributed by atoms with Gasteiger partial charge in [-0.1, -0.05) is 0 Å². The largest absolute Gasteiger partial charge is 0.510 e. The minimum atomic E-state index is -2.69. The number of phenols is 1. The Morgan fingerprint density at radius 3 is 2.46 bits per heavy atom. The van der Waals surface area contributed by atoms with Crippen LogP contribution in [0.2, 0.25) is 0 Å². The second-order valence-corrected chi connectivity index (χ2v) is 11.3. The lowest BCUT2D eigenvalue weighted by atomic mass is 9.58. The van der Waals surface area contributed by atoms with Gasteiger partial charge in [-0.3, -0.25) is 19.3 Å². The molecule has 2 aromatic rings. The van der Waals surface area contributed by atoms with E-state index in [-0.39, 0.29) is 42.3 Å². The van der Waals surface area contributed by atoms with E-state index in [0.29, 0.717) is 22.5 Å². The number of carbonyl (C=O) groups excluding carboxylic acids is 3. The summed E-state index contributed by atoms with van der Waals surface area (Å²) in [7, 11) is 6.77. The molecule has 0 radical (unpaired) electrons. The molecule has 7 N–H and O–H groups in total. The number of aromatic nitrogens is 1. The van der Waals surface area contributed by atoms with Crippen LogP contribution in [0.5, 0.6) is 5.75 Å². The van der Waals surface area contributed by atoms with Crippen molar-refractivity contribution in [1.29, 1.82) is 0 Å². The number of ketones is 2. The van der Waals surface area contributed by atoms with Gasteiger partial charge in [0.15, 0.2) is 11.4 Å². The van der Waals surface area contributed by atoms with E-state index in [1.54, 1.807) is 46.1 Å². The Morgan fingerprint density at radius 1 is 1.22 bits per heavy atom. The van der Waals surface area contributed by atoms with Crippen LogP contribution in [-0.4, -0.2) is 87.6 Å². The highest BCUT2D eigenvalue weighted by molar-refractivity contribution is 6.25. The van der Waals surface area contributed by atoms with Gasteiger partial charge < -0.3 is 40.8 Å². The lowest BCUT2D eigenvalue weighted by Gasteiger charge is -2.50. The molecule has 4 unspecified atom stereocenters. The number of rotatable bonds is 6. The number of nitrogens with two attached hydrogens (primary N) is 1. The first-order valence-electron chi connectivity index (χ1n) is 13.1. The maximum Gasteiger partial charge on any atom is 0.294 e. The number of aryl methyl sites for hydroxylation is 1. The molecule has 1 amide bonds. The molecule has 13 nitrogen and oxygen atoms in total. The Morgan fingerprint density at radius 2 is 1.90 bits per heavy atom. The lowest BCUT2D eigenvalue weighted by molar-refractivity contribution is -0.148. The summed E-state index contributed by atoms with van der Waals surface area (Å²) in [5.41, 5.74) is 3.80. The predicted molar refractivity (Wildman–Crippen MR) is 147 cm³/mol. The first-order valence-corrected chi connectivity index (χ1v) is 13.1. The Balaban J connectivity index is 1.66. The third kappa shape index (κ3) is 4.06. The number of anilines is 2. The third-order valence-electron chi connectivity index (χ3n) is 8.31. The van der Waals surface area contributed by atoms with Crippen LogP contribution in [0.3, 0.4) is 0 Å². The molecule has 0 aliphatic heterocycles. The number of allylic oxidation sites excluding steroid dienone is 1. The van der Waals surface area contributed by atoms with Crippen molar-refractivity contribution in [3.63, 3.8) is 0 Å². The van der Waals surface area contributed by atoms with Crippen molar-refractivity contribution >= 4 is 29.2 Å². The number of aromatic hydroxyl groups is 1. The summed E-state index contributed by atoms with van der Waals surface area (Å²) in [6, 6.07) is 0.930. The normalized spacial score (nSPS) is 25.7. The number of hydrogen-bond donors (Lipinski definition) is 6. The Labute approximate surface area is 235 Å². The van der Waals surface area contributed by atoms with Gasteiger partial charge in [-0.25, -0.2) is 0 Å². The van der Waals surface area contributed by atoms with E-state index < -0.39 is 58.0 Å². The number of phenolic OH excluding ortho intramolecular Hbond substituents is 1. The second-order valence-electron chi connectivity index (χ2n) is 11.3. The van der Waals surface area contributed by atoms with E-state index in [4.69, 9.17) is 10.2 Å². The molecule has 13 heteroatoms. The number of primary amides is 1. The molecular formula is C28H33N5O8. The van der Waals surface area contributed by atoms with E-state index in [1.807, 2.05) is 0 Å². The van der Waals surface area contributed by atoms with Gasteiger partial charge in [-0.2, -0.15) is 4.98 Å². The van der Waals surface area contributed by atoms with E-state index in [9.17, 15) is 34.8 Å². The van der Waals surface area contributed by atoms with Gasteiger partial charge in [0, 0.05) is 43.4 Å². The Bertz CT molecular complexity index is 1550. The highest BCUT2D eigenvalue weighted by Crippen LogP contribution is 2.53. The average molecular weight is 568 g/mol. The number of nitrogens with one attached hydrogen (secondary N) is 1. The van der Waals surface area contributed by atoms with Crippen molar-refractivity contribution < 1.29 is 39.2 Å². The van der Waals surface area contributed by atoms with Crippen LogP contribution in [0.25, 0.3) is 0 Å². The zero-order valence-electron chi connectivity index (χ0n) is 23.3. The summed E-state index contributed by atoms with van der Waals surface area (Å²) in [5.74, 6) is -6.85. The highest BCUT2D eigenvalue weighted by atomic mass is 16.4. The van der Waals surface area contributed by atoms with E-state index in [0.717, 1.165) is 0 Å². The minimum absolute atomic E-state index is 0.0201. The molecule has 1 aromatic carbocycles. The maximum atomic E-state index is 14.1. The van der Waals surface area contributed by atoms with Crippen molar-refractivity contribution in [2.45, 2.75) is 38.0 Å². The maximum absolute atomic E-state index is 14.1. The van der Waals surface area contributed by atoms with Crippen LogP contribution in [0.4, 0.5) is 11.7 Å². The highest BCUT2D eigenvalue weighted by Gasteiger charge is 2.63. The first-order chi connectivity index (χ1) is 19.2. The number of benzene rings is 1. The number of nitrogens with zero attached hydrogens (tertiary/aromatic N) is 3. The molecule has 218 valence electrons. The number of likely N-dealkylation sites (N-methyl/N-ethyl adjacent to an activating group) is 1. The number of aliphatic hydroxyl groups is 3.